The Hall–Kier alpha value is -0.100. The third-order valence-corrected chi connectivity index (χ3v) is 5.14. The average molecular weight is 408 g/mol. The molecule has 5 nitrogen and oxygen atoms in total. The topological polar surface area (TPSA) is 80.7 Å². The number of aliphatic hydroxyl groups excluding tert-OH is 1. The van der Waals surface area contributed by atoms with Crippen LogP contribution in [0.1, 0.15) is 110 Å². The molecule has 1 amide bonds. The van der Waals surface area contributed by atoms with Gasteiger partial charge in [0.15, 0.2) is 0 Å². The zero-order valence-corrected chi connectivity index (χ0v) is 20.7. The minimum absolute atomic E-state index is 0. The van der Waals surface area contributed by atoms with Crippen molar-refractivity contribution in [2.24, 2.45) is 0 Å². The van der Waals surface area contributed by atoms with Crippen LogP contribution < -0.4 is 34.7 Å². The Labute approximate surface area is 194 Å². The van der Waals surface area contributed by atoms with Crippen molar-refractivity contribution in [2.75, 3.05) is 13.2 Å². The van der Waals surface area contributed by atoms with Gasteiger partial charge in [-0.05, 0) is 12.8 Å². The molecular weight excluding hydrogens is 365 g/mol. The molecule has 0 fully saturated rings. The number of rotatable bonds is 19. The molecule has 1 atom stereocenters. The molecule has 0 aliphatic carbocycles. The summed E-state index contributed by atoms with van der Waals surface area (Å²) in [6, 6.07) is -1.22. The number of carboxylic acids is 1. The van der Waals surface area contributed by atoms with Gasteiger partial charge in [-0.25, -0.2) is 0 Å². The number of aliphatic hydroxyl groups is 1. The van der Waals surface area contributed by atoms with Crippen molar-refractivity contribution in [1.82, 2.24) is 4.90 Å². The van der Waals surface area contributed by atoms with Crippen molar-refractivity contribution in [3.8, 4) is 0 Å². The fourth-order valence-electron chi connectivity index (χ4n) is 3.34. The summed E-state index contributed by atoms with van der Waals surface area (Å²) in [7, 11) is 0. The molecule has 160 valence electrons. The summed E-state index contributed by atoms with van der Waals surface area (Å²) < 4.78 is 0. The number of aliphatic carboxylic acids is 1. The summed E-state index contributed by atoms with van der Waals surface area (Å²) in [4.78, 5) is 24.8. The van der Waals surface area contributed by atoms with E-state index in [1.165, 1.54) is 62.7 Å². The van der Waals surface area contributed by atoms with Crippen LogP contribution >= 0.6 is 0 Å². The van der Waals surface area contributed by atoms with Gasteiger partial charge in [0.05, 0.1) is 18.6 Å². The second-order valence-corrected chi connectivity index (χ2v) is 7.60. The van der Waals surface area contributed by atoms with E-state index in [1.54, 1.807) is 0 Å². The van der Waals surface area contributed by atoms with Crippen molar-refractivity contribution in [2.45, 2.75) is 116 Å². The first-order valence-electron chi connectivity index (χ1n) is 11.2. The average Bonchev–Trinajstić information content (AvgIpc) is 2.65. The minimum atomic E-state index is -1.38. The van der Waals surface area contributed by atoms with Crippen LogP contribution in [0.4, 0.5) is 0 Å². The van der Waals surface area contributed by atoms with Crippen LogP contribution in [0.5, 0.6) is 0 Å². The molecule has 0 bridgehead atoms. The van der Waals surface area contributed by atoms with Gasteiger partial charge in [0.2, 0.25) is 5.91 Å². The molecule has 6 heteroatoms. The summed E-state index contributed by atoms with van der Waals surface area (Å²) in [6.07, 6.45) is 16.7. The van der Waals surface area contributed by atoms with E-state index in [9.17, 15) is 19.8 Å². The molecule has 0 saturated heterocycles. The molecule has 1 N–H and O–H groups in total. The molecule has 0 aliphatic rings. The second-order valence-electron chi connectivity index (χ2n) is 7.60. The van der Waals surface area contributed by atoms with E-state index in [0.717, 1.165) is 32.1 Å². The van der Waals surface area contributed by atoms with Crippen LogP contribution in [0, 0.1) is 0 Å². The van der Waals surface area contributed by atoms with E-state index < -0.39 is 18.6 Å². The van der Waals surface area contributed by atoms with Gasteiger partial charge in [0.1, 0.15) is 0 Å². The fraction of sp³-hybridized carbons (Fsp3) is 0.909. The summed E-state index contributed by atoms with van der Waals surface area (Å²) in [6.45, 7) is 4.01. The van der Waals surface area contributed by atoms with E-state index in [0.29, 0.717) is 13.0 Å². The Kier molecular flexibility index (Phi) is 23.2. The van der Waals surface area contributed by atoms with Gasteiger partial charge in [-0.15, -0.1) is 0 Å². The predicted molar refractivity (Wildman–Crippen MR) is 108 cm³/mol. The van der Waals surface area contributed by atoms with E-state index in [2.05, 4.69) is 6.92 Å². The maximum absolute atomic E-state index is 12.4. The Morgan fingerprint density at radius 2 is 1.21 bits per heavy atom. The van der Waals surface area contributed by atoms with Gasteiger partial charge in [0.25, 0.3) is 0 Å². The van der Waals surface area contributed by atoms with Crippen molar-refractivity contribution in [3.63, 3.8) is 0 Å². The normalized spacial score (nSPS) is 11.7. The van der Waals surface area contributed by atoms with Gasteiger partial charge in [-0.1, -0.05) is 90.9 Å². The Morgan fingerprint density at radius 1 is 0.786 bits per heavy atom. The second kappa shape index (κ2) is 21.6. The van der Waals surface area contributed by atoms with Crippen LogP contribution in [0.15, 0.2) is 0 Å². The van der Waals surface area contributed by atoms with Crippen LogP contribution in [0.25, 0.3) is 0 Å². The maximum Gasteiger partial charge on any atom is 1.00 e. The fourth-order valence-corrected chi connectivity index (χ4v) is 3.34. The van der Waals surface area contributed by atoms with Crippen molar-refractivity contribution < 1.29 is 49.4 Å². The number of unbranched alkanes of at least 4 members (excludes halogenated alkanes) is 12. The van der Waals surface area contributed by atoms with Crippen molar-refractivity contribution >= 4 is 11.9 Å². The summed E-state index contributed by atoms with van der Waals surface area (Å²) in [5, 5.41) is 20.4. The van der Waals surface area contributed by atoms with E-state index in [4.69, 9.17) is 0 Å². The third-order valence-electron chi connectivity index (χ3n) is 5.14. The summed E-state index contributed by atoms with van der Waals surface area (Å²) >= 11 is 0. The first-order valence-corrected chi connectivity index (χ1v) is 11.2. The molecule has 0 aromatic rings. The van der Waals surface area contributed by atoms with Crippen LogP contribution in [0.2, 0.25) is 0 Å². The number of carbonyl (C=O) groups is 2. The molecule has 0 heterocycles. The Balaban J connectivity index is 0. The molecule has 0 aromatic carbocycles. The number of carboxylic acid groups (broad SMARTS) is 1. The molecular formula is C22H42NNaO4. The summed E-state index contributed by atoms with van der Waals surface area (Å²) in [5.74, 6) is -1.56. The third kappa shape index (κ3) is 15.8. The number of nitrogens with zero attached hydrogens (tertiary/aromatic N) is 1. The van der Waals surface area contributed by atoms with Gasteiger partial charge in [0, 0.05) is 13.0 Å². The van der Waals surface area contributed by atoms with E-state index in [-0.39, 0.29) is 35.5 Å². The Morgan fingerprint density at radius 3 is 1.61 bits per heavy atom. The van der Waals surface area contributed by atoms with Crippen molar-refractivity contribution in [1.29, 1.82) is 0 Å². The van der Waals surface area contributed by atoms with Gasteiger partial charge >= 0.3 is 29.6 Å². The van der Waals surface area contributed by atoms with Gasteiger partial charge in [-0.2, -0.15) is 0 Å². The molecule has 1 unspecified atom stereocenters. The molecule has 0 aliphatic heterocycles. The predicted octanol–water partition coefficient (Wildman–Crippen LogP) is 0.821. The number of hydrogen-bond donors (Lipinski definition) is 1. The molecule has 0 rings (SSSR count). The Bertz CT molecular complexity index is 380. The van der Waals surface area contributed by atoms with Crippen LogP contribution in [0.3, 0.4) is 0 Å². The van der Waals surface area contributed by atoms with Crippen molar-refractivity contribution in [3.05, 3.63) is 0 Å². The van der Waals surface area contributed by atoms with E-state index in [1.807, 2.05) is 6.92 Å². The van der Waals surface area contributed by atoms with Gasteiger partial charge in [-0.3, -0.25) is 4.79 Å². The SMILES string of the molecule is CCCCCCCCCCCCCCC(=O)N(CCCC)C(CO)C(=O)[O-].[Na+]. The smallest absolute Gasteiger partial charge is 0.548 e. The standard InChI is InChI=1S/C22H43NO4.Na/c1-3-5-7-8-9-10-11-12-13-14-15-16-17-21(25)23(18-6-4-2)20(19-24)22(26)27;/h20,24H,3-19H2,1-2H3,(H,26,27);/q;+1/p-1. The summed E-state index contributed by atoms with van der Waals surface area (Å²) in [5.41, 5.74) is 0. The monoisotopic (exact) mass is 407 g/mol. The maximum atomic E-state index is 12.4. The number of carbonyl (C=O) groups excluding carboxylic acids is 2. The van der Waals surface area contributed by atoms with Gasteiger partial charge < -0.3 is 19.9 Å². The number of hydrogen-bond acceptors (Lipinski definition) is 4. The molecule has 0 radical (unpaired) electrons. The largest absolute Gasteiger partial charge is 1.00 e. The zero-order chi connectivity index (χ0) is 20.3. The number of amides is 1. The molecule has 0 spiro atoms. The molecule has 0 aromatic heterocycles. The van der Waals surface area contributed by atoms with Crippen LogP contribution in [-0.4, -0.2) is 41.1 Å². The van der Waals surface area contributed by atoms with E-state index >= 15 is 0 Å². The minimum Gasteiger partial charge on any atom is -0.548 e. The van der Waals surface area contributed by atoms with Crippen LogP contribution in [-0.2, 0) is 9.59 Å². The first kappa shape index (κ1) is 30.1. The first-order chi connectivity index (χ1) is 13.1. The molecule has 0 saturated carbocycles. The zero-order valence-electron chi connectivity index (χ0n) is 18.7. The quantitative estimate of drug-likeness (QED) is 0.254. The molecule has 28 heavy (non-hydrogen) atoms.